The van der Waals surface area contributed by atoms with Crippen LogP contribution in [0.15, 0.2) is 42.9 Å². The third-order valence-corrected chi connectivity index (χ3v) is 5.41. The van der Waals surface area contributed by atoms with Crippen LogP contribution in [0.2, 0.25) is 0 Å². The molecule has 0 saturated heterocycles. The summed E-state index contributed by atoms with van der Waals surface area (Å²) >= 11 is 0. The molecule has 0 fully saturated rings. The van der Waals surface area contributed by atoms with Gasteiger partial charge in [0.2, 0.25) is 0 Å². The summed E-state index contributed by atoms with van der Waals surface area (Å²) in [6.07, 6.45) is -1.27. The molecular formula is C23H20F3N7O. The summed E-state index contributed by atoms with van der Waals surface area (Å²) in [5.74, 6) is 0.842. The molecule has 0 aliphatic carbocycles. The topological polar surface area (TPSA) is 107 Å². The van der Waals surface area contributed by atoms with E-state index in [0.29, 0.717) is 54.6 Å². The van der Waals surface area contributed by atoms with E-state index >= 15 is 0 Å². The van der Waals surface area contributed by atoms with Crippen LogP contribution in [-0.2, 0) is 19.1 Å². The van der Waals surface area contributed by atoms with E-state index in [1.807, 2.05) is 6.92 Å². The highest BCUT2D eigenvalue weighted by Crippen LogP contribution is 2.36. The minimum absolute atomic E-state index is 0.211. The Morgan fingerprint density at radius 1 is 1.21 bits per heavy atom. The molecule has 0 unspecified atom stereocenters. The largest absolute Gasteiger partial charge is 0.417 e. The fourth-order valence-corrected chi connectivity index (χ4v) is 3.73. The van der Waals surface area contributed by atoms with Crippen molar-refractivity contribution in [3.63, 3.8) is 0 Å². The van der Waals surface area contributed by atoms with Crippen molar-refractivity contribution in [2.24, 2.45) is 0 Å². The third-order valence-electron chi connectivity index (χ3n) is 5.41. The number of rotatable bonds is 5. The molecule has 8 nitrogen and oxygen atoms in total. The van der Waals surface area contributed by atoms with Crippen molar-refractivity contribution < 1.29 is 18.0 Å². The molecule has 3 aromatic rings. The predicted octanol–water partition coefficient (Wildman–Crippen LogP) is 3.82. The Hall–Kier alpha value is -4.20. The van der Waals surface area contributed by atoms with Gasteiger partial charge in [-0.15, -0.1) is 0 Å². The van der Waals surface area contributed by atoms with Gasteiger partial charge in [-0.3, -0.25) is 4.79 Å². The van der Waals surface area contributed by atoms with Gasteiger partial charge in [0, 0.05) is 30.5 Å². The smallest absolute Gasteiger partial charge is 0.365 e. The summed E-state index contributed by atoms with van der Waals surface area (Å²) in [4.78, 5) is 26.6. The number of pyridine rings is 1. The number of anilines is 3. The second-order valence-electron chi connectivity index (χ2n) is 7.58. The molecule has 0 saturated carbocycles. The van der Waals surface area contributed by atoms with Gasteiger partial charge in [0.1, 0.15) is 18.0 Å². The Bertz CT molecular complexity index is 1250. The fraction of sp³-hybridized carbons (Fsp3) is 0.261. The van der Waals surface area contributed by atoms with E-state index < -0.39 is 17.3 Å². The van der Waals surface area contributed by atoms with Gasteiger partial charge in [0.15, 0.2) is 0 Å². The first kappa shape index (κ1) is 23.0. The Balaban J connectivity index is 1.54. The number of fused-ring (bicyclic) bond motifs is 1. The number of benzene rings is 1. The van der Waals surface area contributed by atoms with Gasteiger partial charge < -0.3 is 15.5 Å². The van der Waals surface area contributed by atoms with Crippen LogP contribution >= 0.6 is 0 Å². The number of carbonyl (C=O) groups is 1. The summed E-state index contributed by atoms with van der Waals surface area (Å²) in [5.41, 5.74) is 0.971. The molecule has 174 valence electrons. The number of hydrogen-bond acceptors (Lipinski definition) is 7. The molecule has 1 aliphatic heterocycles. The molecule has 1 amide bonds. The molecule has 11 heteroatoms. The van der Waals surface area contributed by atoms with Crippen LogP contribution < -0.4 is 15.5 Å². The summed E-state index contributed by atoms with van der Waals surface area (Å²) in [5, 5.41) is 14.9. The third kappa shape index (κ3) is 4.76. The molecule has 0 radical (unpaired) electrons. The highest BCUT2D eigenvalue weighted by molar-refractivity contribution is 5.94. The Morgan fingerprint density at radius 3 is 2.71 bits per heavy atom. The van der Waals surface area contributed by atoms with Gasteiger partial charge in [-0.2, -0.15) is 18.4 Å². The minimum atomic E-state index is -4.62. The second kappa shape index (κ2) is 9.35. The summed E-state index contributed by atoms with van der Waals surface area (Å²) in [6, 6.07) is 8.63. The number of nitriles is 1. The SMILES string of the molecule is CCNC(=O)c1ccc(Nc2ncnc3c2CCN(c2ccc(C#N)c(C(F)(F)F)c2)C3)nc1. The summed E-state index contributed by atoms with van der Waals surface area (Å²) < 4.78 is 40.1. The maximum Gasteiger partial charge on any atom is 0.417 e. The van der Waals surface area contributed by atoms with Gasteiger partial charge >= 0.3 is 6.18 Å². The van der Waals surface area contributed by atoms with Crippen LogP contribution in [0.25, 0.3) is 0 Å². The molecule has 1 aromatic carbocycles. The van der Waals surface area contributed by atoms with Crippen molar-refractivity contribution in [1.82, 2.24) is 20.3 Å². The molecule has 1 aliphatic rings. The number of carbonyl (C=O) groups excluding carboxylic acids is 1. The van der Waals surface area contributed by atoms with Gasteiger partial charge in [-0.05, 0) is 43.7 Å². The van der Waals surface area contributed by atoms with E-state index in [9.17, 15) is 18.0 Å². The molecule has 2 N–H and O–H groups in total. The molecule has 2 aromatic heterocycles. The number of amides is 1. The molecular weight excluding hydrogens is 447 g/mol. The van der Waals surface area contributed by atoms with Crippen molar-refractivity contribution in [3.05, 3.63) is 70.8 Å². The molecule has 4 rings (SSSR count). The average Bonchev–Trinajstić information content (AvgIpc) is 2.83. The van der Waals surface area contributed by atoms with Crippen LogP contribution in [0.5, 0.6) is 0 Å². The highest BCUT2D eigenvalue weighted by atomic mass is 19.4. The number of nitrogens with one attached hydrogen (secondary N) is 2. The Labute approximate surface area is 193 Å². The van der Waals surface area contributed by atoms with Crippen molar-refractivity contribution in [2.75, 3.05) is 23.3 Å². The van der Waals surface area contributed by atoms with E-state index in [1.165, 1.54) is 24.7 Å². The van der Waals surface area contributed by atoms with Crippen molar-refractivity contribution in [3.8, 4) is 6.07 Å². The van der Waals surface area contributed by atoms with Crippen LogP contribution in [0.1, 0.15) is 39.7 Å². The maximum absolute atomic E-state index is 13.4. The Kier molecular flexibility index (Phi) is 6.32. The van der Waals surface area contributed by atoms with Gasteiger partial charge in [0.05, 0.1) is 35.0 Å². The number of alkyl halides is 3. The normalized spacial score (nSPS) is 13.1. The lowest BCUT2D eigenvalue weighted by molar-refractivity contribution is -0.137. The average molecular weight is 467 g/mol. The zero-order chi connectivity index (χ0) is 24.3. The van der Waals surface area contributed by atoms with E-state index in [4.69, 9.17) is 5.26 Å². The quantitative estimate of drug-likeness (QED) is 0.588. The lowest BCUT2D eigenvalue weighted by Crippen LogP contribution is -2.32. The number of hydrogen-bond donors (Lipinski definition) is 2. The van der Waals surface area contributed by atoms with Crippen molar-refractivity contribution in [1.29, 1.82) is 5.26 Å². The minimum Gasteiger partial charge on any atom is -0.365 e. The van der Waals surface area contributed by atoms with E-state index in [1.54, 1.807) is 23.1 Å². The van der Waals surface area contributed by atoms with E-state index in [2.05, 4.69) is 25.6 Å². The Morgan fingerprint density at radius 2 is 2.03 bits per heavy atom. The fourth-order valence-electron chi connectivity index (χ4n) is 3.73. The second-order valence-corrected chi connectivity index (χ2v) is 7.58. The molecule has 0 atom stereocenters. The van der Waals surface area contributed by atoms with Gasteiger partial charge in [-0.25, -0.2) is 15.0 Å². The van der Waals surface area contributed by atoms with Crippen molar-refractivity contribution in [2.45, 2.75) is 26.1 Å². The molecule has 34 heavy (non-hydrogen) atoms. The lowest BCUT2D eigenvalue weighted by atomic mass is 10.0. The monoisotopic (exact) mass is 467 g/mol. The standard InChI is InChI=1S/C23H20F3N7O/c1-2-28-22(34)15-4-6-20(29-11-15)32-21-17-7-8-33(12-19(17)30-13-31-21)16-5-3-14(10-27)18(9-16)23(24,25)26/h3-6,9,11,13H,2,7-8,12H2,1H3,(H,28,34)(H,29,30,31,32). The summed E-state index contributed by atoms with van der Waals surface area (Å²) in [7, 11) is 0. The lowest BCUT2D eigenvalue weighted by Gasteiger charge is -2.31. The molecule has 3 heterocycles. The number of aromatic nitrogens is 3. The highest BCUT2D eigenvalue weighted by Gasteiger charge is 2.34. The van der Waals surface area contributed by atoms with E-state index in [0.717, 1.165) is 11.6 Å². The van der Waals surface area contributed by atoms with Crippen LogP contribution in [0.3, 0.4) is 0 Å². The molecule has 0 spiro atoms. The van der Waals surface area contributed by atoms with Gasteiger partial charge in [0.25, 0.3) is 5.91 Å². The first-order chi connectivity index (χ1) is 16.3. The van der Waals surface area contributed by atoms with Crippen molar-refractivity contribution >= 4 is 23.2 Å². The van der Waals surface area contributed by atoms with Crippen LogP contribution in [0.4, 0.5) is 30.5 Å². The predicted molar refractivity (Wildman–Crippen MR) is 118 cm³/mol. The van der Waals surface area contributed by atoms with Crippen LogP contribution in [-0.4, -0.2) is 33.9 Å². The first-order valence-corrected chi connectivity index (χ1v) is 10.5. The summed E-state index contributed by atoms with van der Waals surface area (Å²) in [6.45, 7) is 3.08. The number of nitrogens with zero attached hydrogens (tertiary/aromatic N) is 5. The zero-order valence-electron chi connectivity index (χ0n) is 18.1. The molecule has 0 bridgehead atoms. The first-order valence-electron chi connectivity index (χ1n) is 10.5. The maximum atomic E-state index is 13.4. The number of halogens is 3. The zero-order valence-corrected chi connectivity index (χ0v) is 18.1. The van der Waals surface area contributed by atoms with Gasteiger partial charge in [-0.1, -0.05) is 0 Å². The van der Waals surface area contributed by atoms with E-state index in [-0.39, 0.29) is 5.91 Å². The van der Waals surface area contributed by atoms with Crippen LogP contribution in [0, 0.1) is 11.3 Å².